The van der Waals surface area contributed by atoms with Gasteiger partial charge in [0.1, 0.15) is 16.7 Å². The number of ether oxygens (including phenoxy) is 1. The van der Waals surface area contributed by atoms with Crippen molar-refractivity contribution in [2.45, 2.75) is 50.6 Å². The first kappa shape index (κ1) is 29.7. The van der Waals surface area contributed by atoms with Crippen LogP contribution in [0, 0.1) is 0 Å². The van der Waals surface area contributed by atoms with Gasteiger partial charge in [-0.25, -0.2) is 0 Å². The number of benzene rings is 2. The second-order valence-corrected chi connectivity index (χ2v) is 12.5. The highest BCUT2D eigenvalue weighted by Crippen LogP contribution is 2.38. The van der Waals surface area contributed by atoms with Crippen LogP contribution in [-0.2, 0) is 12.7 Å². The molecule has 0 saturated carbocycles. The second kappa shape index (κ2) is 12.7. The number of rotatable bonds is 7. The first-order chi connectivity index (χ1) is 20.7. The molecule has 0 spiro atoms. The number of likely N-dealkylation sites (tertiary alicyclic amines) is 1. The molecule has 4 aromatic rings. The van der Waals surface area contributed by atoms with Gasteiger partial charge < -0.3 is 15.0 Å². The standard InChI is InChI=1S/C32H32ClF3N4O2S/c33-29-27-9-8-26(42-25-12-17-40(18-13-25)24-6-4-21(5-7-24)32(34,35)36)19-28(27)43-30(29)31(41)38-22-10-15-39(16-11-22)20-23-3-1-2-14-37-23/h1-9,14,19,22,25H,10-13,15-18,20H2,(H,38,41). The third-order valence-corrected chi connectivity index (χ3v) is 9.80. The molecule has 2 fully saturated rings. The molecule has 11 heteroatoms. The number of piperidine rings is 2. The first-order valence-electron chi connectivity index (χ1n) is 14.5. The summed E-state index contributed by atoms with van der Waals surface area (Å²) in [6, 6.07) is 17.1. The van der Waals surface area contributed by atoms with Crippen LogP contribution in [-0.4, -0.2) is 54.1 Å². The molecule has 0 unspecified atom stereocenters. The van der Waals surface area contributed by atoms with Crippen LogP contribution in [0.1, 0.15) is 46.6 Å². The minimum atomic E-state index is -4.34. The SMILES string of the molecule is O=C(NC1CCN(Cc2ccccn2)CC1)c1sc2cc(OC3CCN(c4ccc(C(F)(F)F)cc4)CC3)ccc2c1Cl. The molecule has 2 aliphatic rings. The minimum absolute atomic E-state index is 0.00936. The van der Waals surface area contributed by atoms with Crippen molar-refractivity contribution in [3.05, 3.63) is 88.0 Å². The van der Waals surface area contributed by atoms with Crippen molar-refractivity contribution in [2.75, 3.05) is 31.1 Å². The molecule has 4 heterocycles. The van der Waals surface area contributed by atoms with E-state index in [0.29, 0.717) is 28.7 Å². The van der Waals surface area contributed by atoms with Crippen molar-refractivity contribution in [1.82, 2.24) is 15.2 Å². The Hall–Kier alpha value is -3.34. The maximum absolute atomic E-state index is 13.2. The molecule has 6 rings (SSSR count). The molecule has 0 atom stereocenters. The van der Waals surface area contributed by atoms with E-state index in [-0.39, 0.29) is 18.1 Å². The van der Waals surface area contributed by atoms with Gasteiger partial charge >= 0.3 is 6.18 Å². The van der Waals surface area contributed by atoms with Crippen molar-refractivity contribution >= 4 is 44.6 Å². The van der Waals surface area contributed by atoms with Crippen molar-refractivity contribution in [2.24, 2.45) is 0 Å². The summed E-state index contributed by atoms with van der Waals surface area (Å²) in [6.45, 7) is 3.98. The average Bonchev–Trinajstić information content (AvgIpc) is 3.34. The monoisotopic (exact) mass is 628 g/mol. The Morgan fingerprint density at radius 3 is 2.42 bits per heavy atom. The Kier molecular flexibility index (Phi) is 8.79. The third kappa shape index (κ3) is 7.08. The van der Waals surface area contributed by atoms with Crippen LogP contribution in [0.4, 0.5) is 18.9 Å². The van der Waals surface area contributed by atoms with Gasteiger partial charge in [0.15, 0.2) is 0 Å². The van der Waals surface area contributed by atoms with Gasteiger partial charge in [0.05, 0.1) is 16.3 Å². The third-order valence-electron chi connectivity index (χ3n) is 8.15. The molecule has 6 nitrogen and oxygen atoms in total. The van der Waals surface area contributed by atoms with E-state index in [4.69, 9.17) is 16.3 Å². The molecule has 0 bridgehead atoms. The summed E-state index contributed by atoms with van der Waals surface area (Å²) in [5.41, 5.74) is 1.19. The van der Waals surface area contributed by atoms with Crippen LogP contribution < -0.4 is 15.0 Å². The van der Waals surface area contributed by atoms with Gasteiger partial charge in [0, 0.05) is 73.6 Å². The number of fused-ring (bicyclic) bond motifs is 1. The van der Waals surface area contributed by atoms with Crippen LogP contribution >= 0.6 is 22.9 Å². The summed E-state index contributed by atoms with van der Waals surface area (Å²) in [7, 11) is 0. The number of hydrogen-bond donors (Lipinski definition) is 1. The van der Waals surface area contributed by atoms with Crippen molar-refractivity contribution in [3.8, 4) is 5.75 Å². The predicted octanol–water partition coefficient (Wildman–Crippen LogP) is 7.41. The molecule has 2 saturated heterocycles. The number of amides is 1. The van der Waals surface area contributed by atoms with Crippen LogP contribution in [0.5, 0.6) is 5.75 Å². The zero-order valence-electron chi connectivity index (χ0n) is 23.4. The molecule has 0 aliphatic carbocycles. The summed E-state index contributed by atoms with van der Waals surface area (Å²) >= 11 is 8.03. The molecule has 0 radical (unpaired) electrons. The average molecular weight is 629 g/mol. The zero-order valence-corrected chi connectivity index (χ0v) is 25.0. The van der Waals surface area contributed by atoms with E-state index in [1.807, 2.05) is 42.6 Å². The van der Waals surface area contributed by atoms with Gasteiger partial charge in [0.2, 0.25) is 0 Å². The number of nitrogens with one attached hydrogen (secondary N) is 1. The molecule has 2 aromatic carbocycles. The summed E-state index contributed by atoms with van der Waals surface area (Å²) in [4.78, 5) is 22.5. The number of anilines is 1. The molecule has 1 amide bonds. The Morgan fingerprint density at radius 2 is 1.74 bits per heavy atom. The molecular formula is C32H32ClF3N4O2S. The van der Waals surface area contributed by atoms with E-state index in [1.54, 1.807) is 0 Å². The molecule has 226 valence electrons. The summed E-state index contributed by atoms with van der Waals surface area (Å²) < 4.78 is 45.8. The maximum Gasteiger partial charge on any atom is 0.416 e. The highest BCUT2D eigenvalue weighted by atomic mass is 35.5. The van der Waals surface area contributed by atoms with E-state index in [0.717, 1.165) is 78.9 Å². The van der Waals surface area contributed by atoms with Gasteiger partial charge in [-0.1, -0.05) is 17.7 Å². The number of carbonyl (C=O) groups is 1. The summed E-state index contributed by atoms with van der Waals surface area (Å²) in [6.07, 6.45) is 0.705. The number of nitrogens with zero attached hydrogens (tertiary/aromatic N) is 3. The normalized spacial score (nSPS) is 17.3. The summed E-state index contributed by atoms with van der Waals surface area (Å²) in [5, 5.41) is 4.47. The lowest BCUT2D eigenvalue weighted by atomic mass is 10.0. The fraction of sp³-hybridized carbons (Fsp3) is 0.375. The van der Waals surface area contributed by atoms with Gasteiger partial charge in [0.25, 0.3) is 5.91 Å². The lowest BCUT2D eigenvalue weighted by molar-refractivity contribution is -0.137. The molecule has 1 N–H and O–H groups in total. The molecular weight excluding hydrogens is 597 g/mol. The number of alkyl halides is 3. The van der Waals surface area contributed by atoms with Crippen molar-refractivity contribution < 1.29 is 22.7 Å². The number of halogens is 4. The Balaban J connectivity index is 1.02. The van der Waals surface area contributed by atoms with Gasteiger partial charge in [-0.15, -0.1) is 11.3 Å². The van der Waals surface area contributed by atoms with Crippen LogP contribution in [0.2, 0.25) is 5.02 Å². The molecule has 43 heavy (non-hydrogen) atoms. The minimum Gasteiger partial charge on any atom is -0.490 e. The Bertz CT molecular complexity index is 1550. The smallest absolute Gasteiger partial charge is 0.416 e. The zero-order chi connectivity index (χ0) is 30.0. The summed E-state index contributed by atoms with van der Waals surface area (Å²) in [5.74, 6) is 0.568. The quantitative estimate of drug-likeness (QED) is 0.231. The van der Waals surface area contributed by atoms with E-state index >= 15 is 0 Å². The fourth-order valence-corrected chi connectivity index (χ4v) is 7.21. The predicted molar refractivity (Wildman–Crippen MR) is 164 cm³/mol. The van der Waals surface area contributed by atoms with Crippen LogP contribution in [0.25, 0.3) is 10.1 Å². The van der Waals surface area contributed by atoms with E-state index < -0.39 is 11.7 Å². The largest absolute Gasteiger partial charge is 0.490 e. The van der Waals surface area contributed by atoms with Gasteiger partial charge in [-0.2, -0.15) is 13.2 Å². The second-order valence-electron chi connectivity index (χ2n) is 11.1. The van der Waals surface area contributed by atoms with E-state index in [1.165, 1.54) is 23.5 Å². The Morgan fingerprint density at radius 1 is 1.00 bits per heavy atom. The lowest BCUT2D eigenvalue weighted by Crippen LogP contribution is -2.44. The highest BCUT2D eigenvalue weighted by molar-refractivity contribution is 7.21. The van der Waals surface area contributed by atoms with Gasteiger partial charge in [-0.05, 0) is 67.4 Å². The first-order valence-corrected chi connectivity index (χ1v) is 15.7. The number of carbonyl (C=O) groups excluding carboxylic acids is 1. The Labute approximate surface area is 257 Å². The maximum atomic E-state index is 13.2. The number of hydrogen-bond acceptors (Lipinski definition) is 6. The number of thiophene rings is 1. The van der Waals surface area contributed by atoms with E-state index in [2.05, 4.69) is 20.1 Å². The van der Waals surface area contributed by atoms with Crippen molar-refractivity contribution in [3.63, 3.8) is 0 Å². The van der Waals surface area contributed by atoms with Crippen LogP contribution in [0.3, 0.4) is 0 Å². The van der Waals surface area contributed by atoms with Crippen LogP contribution in [0.15, 0.2) is 66.9 Å². The fourth-order valence-electron chi connectivity index (χ4n) is 5.76. The number of aromatic nitrogens is 1. The highest BCUT2D eigenvalue weighted by Gasteiger charge is 2.30. The molecule has 2 aromatic heterocycles. The van der Waals surface area contributed by atoms with Gasteiger partial charge in [-0.3, -0.25) is 14.7 Å². The molecule has 2 aliphatic heterocycles. The number of pyridine rings is 1. The van der Waals surface area contributed by atoms with E-state index in [9.17, 15) is 18.0 Å². The topological polar surface area (TPSA) is 57.7 Å². The lowest BCUT2D eigenvalue weighted by Gasteiger charge is -2.33. The van der Waals surface area contributed by atoms with Crippen molar-refractivity contribution in [1.29, 1.82) is 0 Å².